The van der Waals surface area contributed by atoms with Crippen molar-refractivity contribution in [3.8, 4) is 0 Å². The Bertz CT molecular complexity index is 449. The number of ketones is 1. The van der Waals surface area contributed by atoms with Gasteiger partial charge in [0, 0.05) is 6.20 Å². The lowest BCUT2D eigenvalue weighted by Gasteiger charge is -2.12. The van der Waals surface area contributed by atoms with Crippen LogP contribution in [0.4, 0.5) is 8.78 Å². The van der Waals surface area contributed by atoms with E-state index >= 15 is 0 Å². The van der Waals surface area contributed by atoms with Crippen LogP contribution in [-0.2, 0) is 9.53 Å². The first kappa shape index (κ1) is 13.1. The van der Waals surface area contributed by atoms with Crippen LogP contribution in [0.1, 0.15) is 23.2 Å². The Balaban J connectivity index is 3.00. The van der Waals surface area contributed by atoms with Crippen molar-refractivity contribution < 1.29 is 23.1 Å². The number of hydrogen-bond donors (Lipinski definition) is 0. The maximum absolute atomic E-state index is 13.3. The van der Waals surface area contributed by atoms with Crippen LogP contribution >= 0.6 is 0 Å². The molecule has 0 spiro atoms. The molecular weight excluding hydrogens is 234 g/mol. The summed E-state index contributed by atoms with van der Waals surface area (Å²) in [6, 6.07) is 1.02. The third kappa shape index (κ3) is 2.80. The van der Waals surface area contributed by atoms with Crippen LogP contribution in [0.25, 0.3) is 0 Å². The fourth-order valence-corrected chi connectivity index (χ4v) is 1.06. The monoisotopic (exact) mass is 244 g/mol. The molecule has 0 aliphatic heterocycles. The minimum atomic E-state index is -4.23. The Morgan fingerprint density at radius 2 is 2.12 bits per heavy atom. The molecule has 0 fully saturated rings. The molecule has 0 N–H and O–H groups in total. The van der Waals surface area contributed by atoms with Gasteiger partial charge in [-0.2, -0.15) is 8.78 Å². The van der Waals surface area contributed by atoms with Crippen molar-refractivity contribution in [2.75, 3.05) is 6.61 Å². The second-order valence-corrected chi connectivity index (χ2v) is 3.11. The van der Waals surface area contributed by atoms with Crippen molar-refractivity contribution >= 4 is 11.8 Å². The molecule has 0 unspecified atom stereocenters. The Labute approximate surface area is 95.8 Å². The van der Waals surface area contributed by atoms with E-state index in [2.05, 4.69) is 14.7 Å². The number of nitrogens with zero attached hydrogens (tertiary/aromatic N) is 2. The number of halogens is 2. The standard InChI is InChI=1S/C10H10F2N2O3/c1-3-17-9(16)10(11,12)8(15)7-4-5-13-6(2)14-7/h4-5H,3H2,1-2H3. The van der Waals surface area contributed by atoms with E-state index < -0.39 is 23.4 Å². The third-order valence-corrected chi connectivity index (χ3v) is 1.83. The number of carbonyl (C=O) groups excluding carboxylic acids is 2. The maximum atomic E-state index is 13.3. The van der Waals surface area contributed by atoms with Crippen LogP contribution in [0.2, 0.25) is 0 Å². The molecular formula is C10H10F2N2O3. The Hall–Kier alpha value is -1.92. The zero-order valence-electron chi connectivity index (χ0n) is 9.24. The van der Waals surface area contributed by atoms with E-state index in [-0.39, 0.29) is 12.4 Å². The molecule has 1 heterocycles. The largest absolute Gasteiger partial charge is 0.461 e. The highest BCUT2D eigenvalue weighted by Crippen LogP contribution is 2.20. The normalized spacial score (nSPS) is 11.1. The quantitative estimate of drug-likeness (QED) is 0.451. The van der Waals surface area contributed by atoms with Gasteiger partial charge in [-0.1, -0.05) is 0 Å². The highest BCUT2D eigenvalue weighted by molar-refractivity contribution is 6.12. The minimum Gasteiger partial charge on any atom is -0.461 e. The molecule has 0 saturated heterocycles. The zero-order chi connectivity index (χ0) is 13.1. The van der Waals surface area contributed by atoms with Gasteiger partial charge in [-0.25, -0.2) is 14.8 Å². The van der Waals surface area contributed by atoms with E-state index in [4.69, 9.17) is 0 Å². The second kappa shape index (κ2) is 4.94. The summed E-state index contributed by atoms with van der Waals surface area (Å²) >= 11 is 0. The molecule has 0 atom stereocenters. The van der Waals surface area contributed by atoms with E-state index in [0.29, 0.717) is 0 Å². The van der Waals surface area contributed by atoms with Crippen LogP contribution in [0, 0.1) is 6.92 Å². The van der Waals surface area contributed by atoms with Crippen LogP contribution in [-0.4, -0.2) is 34.2 Å². The summed E-state index contributed by atoms with van der Waals surface area (Å²) in [5.74, 6) is -7.63. The number of aryl methyl sites for hydroxylation is 1. The fourth-order valence-electron chi connectivity index (χ4n) is 1.06. The average molecular weight is 244 g/mol. The van der Waals surface area contributed by atoms with Gasteiger partial charge in [0.05, 0.1) is 6.61 Å². The Morgan fingerprint density at radius 1 is 1.47 bits per heavy atom. The van der Waals surface area contributed by atoms with Crippen molar-refractivity contribution in [1.82, 2.24) is 9.97 Å². The number of carbonyl (C=O) groups is 2. The summed E-state index contributed by atoms with van der Waals surface area (Å²) in [7, 11) is 0. The van der Waals surface area contributed by atoms with E-state index in [1.807, 2.05) is 0 Å². The molecule has 0 aliphatic rings. The molecule has 0 bridgehead atoms. The van der Waals surface area contributed by atoms with Crippen LogP contribution in [0.15, 0.2) is 12.3 Å². The number of rotatable bonds is 4. The molecule has 1 aromatic heterocycles. The van der Waals surface area contributed by atoms with Crippen molar-refractivity contribution in [3.05, 3.63) is 23.8 Å². The van der Waals surface area contributed by atoms with E-state index in [0.717, 1.165) is 12.3 Å². The number of esters is 1. The highest BCUT2D eigenvalue weighted by Gasteiger charge is 2.49. The van der Waals surface area contributed by atoms with Crippen molar-refractivity contribution in [1.29, 1.82) is 0 Å². The molecule has 0 saturated carbocycles. The van der Waals surface area contributed by atoms with Crippen molar-refractivity contribution in [2.45, 2.75) is 19.8 Å². The first-order valence-electron chi connectivity index (χ1n) is 4.79. The summed E-state index contributed by atoms with van der Waals surface area (Å²) in [5, 5.41) is 0. The zero-order valence-corrected chi connectivity index (χ0v) is 9.24. The number of alkyl halides is 2. The van der Waals surface area contributed by atoms with E-state index in [1.54, 1.807) is 0 Å². The molecule has 0 aromatic carbocycles. The van der Waals surface area contributed by atoms with Gasteiger partial charge in [0.15, 0.2) is 0 Å². The number of ether oxygens (including phenoxy) is 1. The SMILES string of the molecule is CCOC(=O)C(F)(F)C(=O)c1ccnc(C)n1. The lowest BCUT2D eigenvalue weighted by atomic mass is 10.1. The topological polar surface area (TPSA) is 69.2 Å². The summed E-state index contributed by atoms with van der Waals surface area (Å²) in [4.78, 5) is 29.5. The Kier molecular flexibility index (Phi) is 3.82. The summed E-state index contributed by atoms with van der Waals surface area (Å²) in [6.07, 6.45) is 1.16. The molecule has 1 rings (SSSR count). The molecule has 92 valence electrons. The fraction of sp³-hybridized carbons (Fsp3) is 0.400. The van der Waals surface area contributed by atoms with Crippen molar-refractivity contribution in [3.63, 3.8) is 0 Å². The summed E-state index contributed by atoms with van der Waals surface area (Å²) in [6.45, 7) is 2.58. The molecule has 1 aromatic rings. The van der Waals surface area contributed by atoms with Crippen molar-refractivity contribution in [2.24, 2.45) is 0 Å². The predicted octanol–water partition coefficient (Wildman–Crippen LogP) is 1.17. The summed E-state index contributed by atoms with van der Waals surface area (Å²) < 4.78 is 30.8. The molecule has 0 aliphatic carbocycles. The molecule has 17 heavy (non-hydrogen) atoms. The second-order valence-electron chi connectivity index (χ2n) is 3.11. The van der Waals surface area contributed by atoms with Gasteiger partial charge in [-0.3, -0.25) is 4.79 Å². The van der Waals surface area contributed by atoms with Gasteiger partial charge in [-0.05, 0) is 19.9 Å². The van der Waals surface area contributed by atoms with Gasteiger partial charge >= 0.3 is 11.9 Å². The average Bonchev–Trinajstić information content (AvgIpc) is 2.28. The van der Waals surface area contributed by atoms with Crippen LogP contribution in [0.5, 0.6) is 0 Å². The first-order valence-corrected chi connectivity index (χ1v) is 4.79. The first-order chi connectivity index (χ1) is 7.89. The molecule has 5 nitrogen and oxygen atoms in total. The smallest absolute Gasteiger partial charge is 0.405 e. The lowest BCUT2D eigenvalue weighted by Crippen LogP contribution is -2.39. The number of hydrogen-bond acceptors (Lipinski definition) is 5. The molecule has 7 heteroatoms. The maximum Gasteiger partial charge on any atom is 0.405 e. The van der Waals surface area contributed by atoms with E-state index in [1.165, 1.54) is 13.8 Å². The van der Waals surface area contributed by atoms with Gasteiger partial charge in [0.2, 0.25) is 0 Å². The predicted molar refractivity (Wildman–Crippen MR) is 52.7 cm³/mol. The summed E-state index contributed by atoms with van der Waals surface area (Å²) in [5.41, 5.74) is -0.518. The minimum absolute atomic E-state index is 0.163. The number of aromatic nitrogens is 2. The van der Waals surface area contributed by atoms with Gasteiger partial charge in [0.25, 0.3) is 5.78 Å². The lowest BCUT2D eigenvalue weighted by molar-refractivity contribution is -0.164. The van der Waals surface area contributed by atoms with Gasteiger partial charge in [0.1, 0.15) is 11.5 Å². The Morgan fingerprint density at radius 3 is 2.65 bits per heavy atom. The number of Topliss-reactive ketones (excluding diaryl/α,β-unsaturated/α-hetero) is 1. The highest BCUT2D eigenvalue weighted by atomic mass is 19.3. The van der Waals surface area contributed by atoms with Crippen LogP contribution in [0.3, 0.4) is 0 Å². The van der Waals surface area contributed by atoms with Gasteiger partial charge in [-0.15, -0.1) is 0 Å². The molecule has 0 radical (unpaired) electrons. The third-order valence-electron chi connectivity index (χ3n) is 1.83. The van der Waals surface area contributed by atoms with Crippen LogP contribution < -0.4 is 0 Å². The van der Waals surface area contributed by atoms with E-state index in [9.17, 15) is 18.4 Å². The van der Waals surface area contributed by atoms with Gasteiger partial charge < -0.3 is 4.74 Å². The molecule has 0 amide bonds.